The molecule has 1 heterocycles. The Labute approximate surface area is 143 Å². The second-order valence-corrected chi connectivity index (χ2v) is 6.07. The molecule has 6 nitrogen and oxygen atoms in total. The molecular weight excluding hydrogens is 380 g/mol. The summed E-state index contributed by atoms with van der Waals surface area (Å²) in [4.78, 5) is 0. The fourth-order valence-corrected chi connectivity index (χ4v) is 2.19. The molecule has 2 rings (SSSR count). The van der Waals surface area contributed by atoms with Crippen molar-refractivity contribution in [2.75, 3.05) is 5.88 Å². The van der Waals surface area contributed by atoms with Crippen molar-refractivity contribution in [1.82, 2.24) is 0 Å². The third kappa shape index (κ3) is 6.78. The molecule has 1 aromatic heterocycles. The lowest BCUT2D eigenvalue weighted by molar-refractivity contribution is -2.00. The van der Waals surface area contributed by atoms with Gasteiger partial charge in [-0.05, 0) is 12.1 Å². The van der Waals surface area contributed by atoms with E-state index in [0.717, 1.165) is 10.9 Å². The van der Waals surface area contributed by atoms with Crippen molar-refractivity contribution in [1.29, 1.82) is 0 Å². The number of pyridine rings is 1. The summed E-state index contributed by atoms with van der Waals surface area (Å²) < 4.78 is 35.9. The van der Waals surface area contributed by atoms with Crippen LogP contribution in [0.4, 0.5) is 0 Å². The van der Waals surface area contributed by atoms with Gasteiger partial charge in [-0.25, -0.2) is 18.6 Å². The Morgan fingerprint density at radius 1 is 1.14 bits per heavy atom. The third-order valence-corrected chi connectivity index (χ3v) is 3.43. The number of hydrogen-bond donors (Lipinski definition) is 1. The van der Waals surface area contributed by atoms with Gasteiger partial charge in [-0.1, -0.05) is 23.2 Å². The Morgan fingerprint density at radius 3 is 2.27 bits per heavy atom. The molecule has 0 bridgehead atoms. The maximum Gasteiger partial charge on any atom is 0.215 e. The van der Waals surface area contributed by atoms with Crippen molar-refractivity contribution in [3.63, 3.8) is 0 Å². The molecule has 0 amide bonds. The van der Waals surface area contributed by atoms with Crippen LogP contribution in [-0.2, 0) is 6.54 Å². The Hall–Kier alpha value is -0.410. The largest absolute Gasteiger partial charge is 0.385 e. The predicted octanol–water partition coefficient (Wildman–Crippen LogP) is -1.72. The monoisotopic (exact) mass is 389 g/mol. The average molecular weight is 391 g/mol. The van der Waals surface area contributed by atoms with Crippen LogP contribution < -0.4 is 23.2 Å². The van der Waals surface area contributed by atoms with Gasteiger partial charge in [0.2, 0.25) is 5.52 Å². The minimum atomic E-state index is -4.94. The standard InChI is InChI=1S/C12H11Cl3NO.ClHO4/c13-6-9(17)7-16-4-3-11(15)10-2-1-8(14)5-12(10)16;2-1(3,4)5/h1-5,9,17H,6-7H2;(H,2,3,4,5)/q+1;/p-1. The lowest BCUT2D eigenvalue weighted by atomic mass is 10.2. The maximum atomic E-state index is 9.59. The number of rotatable bonds is 3. The van der Waals surface area contributed by atoms with Crippen LogP contribution in [0.1, 0.15) is 0 Å². The number of nitrogens with zero attached hydrogens (tertiary/aromatic N) is 1. The maximum absolute atomic E-state index is 9.59. The number of fused-ring (bicyclic) bond motifs is 1. The van der Waals surface area contributed by atoms with E-state index in [-0.39, 0.29) is 5.88 Å². The van der Waals surface area contributed by atoms with Crippen LogP contribution in [0.2, 0.25) is 10.0 Å². The first-order valence-electron chi connectivity index (χ1n) is 5.75. The van der Waals surface area contributed by atoms with Crippen molar-refractivity contribution >= 4 is 45.7 Å². The van der Waals surface area contributed by atoms with E-state index in [9.17, 15) is 5.11 Å². The molecular formula is C12H11Cl4NO5. The van der Waals surface area contributed by atoms with Crippen LogP contribution in [-0.4, -0.2) is 17.1 Å². The predicted molar refractivity (Wildman–Crippen MR) is 70.9 cm³/mol. The highest BCUT2D eigenvalue weighted by molar-refractivity contribution is 6.35. The zero-order valence-electron chi connectivity index (χ0n) is 10.9. The fourth-order valence-electron chi connectivity index (χ4n) is 1.70. The summed E-state index contributed by atoms with van der Waals surface area (Å²) in [5.74, 6) is 0.192. The van der Waals surface area contributed by atoms with Gasteiger partial charge in [0.15, 0.2) is 12.7 Å². The summed E-state index contributed by atoms with van der Waals surface area (Å²) in [6.45, 7) is 0.414. The van der Waals surface area contributed by atoms with Crippen molar-refractivity contribution in [3.05, 3.63) is 40.5 Å². The fraction of sp³-hybridized carbons (Fsp3) is 0.250. The molecule has 1 aromatic carbocycles. The van der Waals surface area contributed by atoms with E-state index in [1.807, 2.05) is 22.9 Å². The van der Waals surface area contributed by atoms with E-state index in [4.69, 9.17) is 53.4 Å². The SMILES string of the molecule is OC(CCl)C[n+]1ccc(Cl)c2ccc(Cl)cc21.[O-][Cl+3]([O-])([O-])[O-]. The molecule has 0 saturated carbocycles. The third-order valence-electron chi connectivity index (χ3n) is 2.51. The topological polar surface area (TPSA) is 116 Å². The van der Waals surface area contributed by atoms with E-state index in [1.54, 1.807) is 12.1 Å². The quantitative estimate of drug-likeness (QED) is 0.494. The lowest BCUT2D eigenvalue weighted by Gasteiger charge is -2.17. The zero-order valence-corrected chi connectivity index (χ0v) is 13.9. The molecule has 0 aliphatic heterocycles. The first kappa shape index (κ1) is 19.6. The highest BCUT2D eigenvalue weighted by Crippen LogP contribution is 2.23. The molecule has 122 valence electrons. The van der Waals surface area contributed by atoms with E-state index < -0.39 is 16.3 Å². The van der Waals surface area contributed by atoms with E-state index in [1.165, 1.54) is 0 Å². The molecule has 0 aliphatic rings. The number of halogens is 4. The second-order valence-electron chi connectivity index (χ2n) is 4.16. The summed E-state index contributed by atoms with van der Waals surface area (Å²) in [6, 6.07) is 7.27. The normalized spacial score (nSPS) is 12.7. The molecule has 0 fully saturated rings. The van der Waals surface area contributed by atoms with Crippen molar-refractivity contribution in [2.24, 2.45) is 0 Å². The lowest BCUT2D eigenvalue weighted by Crippen LogP contribution is -2.68. The number of benzene rings is 1. The van der Waals surface area contributed by atoms with Gasteiger partial charge in [-0.3, -0.25) is 0 Å². The van der Waals surface area contributed by atoms with Crippen LogP contribution in [0.3, 0.4) is 0 Å². The molecule has 22 heavy (non-hydrogen) atoms. The smallest absolute Gasteiger partial charge is 0.215 e. The van der Waals surface area contributed by atoms with Crippen LogP contribution in [0.15, 0.2) is 30.5 Å². The molecule has 1 atom stereocenters. The summed E-state index contributed by atoms with van der Waals surface area (Å²) in [5, 5.41) is 11.8. The Morgan fingerprint density at radius 2 is 1.73 bits per heavy atom. The van der Waals surface area contributed by atoms with Crippen LogP contribution in [0, 0.1) is 10.2 Å². The van der Waals surface area contributed by atoms with Gasteiger partial charge in [0.1, 0.15) is 6.10 Å². The highest BCUT2D eigenvalue weighted by Gasteiger charge is 2.15. The van der Waals surface area contributed by atoms with E-state index in [0.29, 0.717) is 16.6 Å². The summed E-state index contributed by atoms with van der Waals surface area (Å²) in [5.41, 5.74) is 0.883. The molecule has 1 unspecified atom stereocenters. The Kier molecular flexibility index (Phi) is 7.54. The Bertz CT molecular complexity index is 629. The van der Waals surface area contributed by atoms with Crippen molar-refractivity contribution < 1.29 is 38.6 Å². The molecule has 0 radical (unpaired) electrons. The van der Waals surface area contributed by atoms with Gasteiger partial charge in [0.05, 0.1) is 16.3 Å². The average Bonchev–Trinajstić information content (AvgIpc) is 2.40. The van der Waals surface area contributed by atoms with Crippen LogP contribution in [0.5, 0.6) is 0 Å². The van der Waals surface area contributed by atoms with Crippen molar-refractivity contribution in [2.45, 2.75) is 12.6 Å². The van der Waals surface area contributed by atoms with Crippen molar-refractivity contribution in [3.8, 4) is 0 Å². The minimum absolute atomic E-state index is 0.192. The van der Waals surface area contributed by atoms with Gasteiger partial charge >= 0.3 is 0 Å². The first-order valence-corrected chi connectivity index (χ1v) is 8.27. The number of aromatic nitrogens is 1. The molecule has 0 aliphatic carbocycles. The molecule has 2 aromatic rings. The number of alkyl halides is 1. The van der Waals surface area contributed by atoms with Crippen LogP contribution in [0.25, 0.3) is 10.9 Å². The summed E-state index contributed by atoms with van der Waals surface area (Å²) in [7, 11) is -4.94. The number of aliphatic hydroxyl groups excluding tert-OH is 1. The Balaban J connectivity index is 0.000000422. The number of aliphatic hydroxyl groups is 1. The van der Waals surface area contributed by atoms with Gasteiger partial charge in [0.25, 0.3) is 0 Å². The molecule has 0 saturated heterocycles. The van der Waals surface area contributed by atoms with E-state index >= 15 is 0 Å². The number of hydrogen-bond acceptors (Lipinski definition) is 5. The van der Waals surface area contributed by atoms with Crippen LogP contribution >= 0.6 is 34.8 Å². The second kappa shape index (κ2) is 8.44. The highest BCUT2D eigenvalue weighted by atomic mass is 35.7. The van der Waals surface area contributed by atoms with Gasteiger partial charge in [-0.2, -0.15) is 4.57 Å². The van der Waals surface area contributed by atoms with Gasteiger partial charge in [-0.15, -0.1) is 21.8 Å². The summed E-state index contributed by atoms with van der Waals surface area (Å²) in [6.07, 6.45) is 1.22. The van der Waals surface area contributed by atoms with E-state index in [2.05, 4.69) is 0 Å². The zero-order chi connectivity index (χ0) is 16.9. The molecule has 0 spiro atoms. The van der Waals surface area contributed by atoms with Gasteiger partial charge in [0, 0.05) is 17.2 Å². The first-order chi connectivity index (χ1) is 10.1. The minimum Gasteiger partial charge on any atom is -0.385 e. The van der Waals surface area contributed by atoms with Gasteiger partial charge < -0.3 is 5.11 Å². The molecule has 10 heteroatoms. The molecule has 1 N–H and O–H groups in total. The summed E-state index contributed by atoms with van der Waals surface area (Å²) >= 11 is 17.7.